The van der Waals surface area contributed by atoms with E-state index in [-0.39, 0.29) is 12.1 Å². The van der Waals surface area contributed by atoms with E-state index in [1.807, 2.05) is 18.2 Å². The quantitative estimate of drug-likeness (QED) is 0.305. The van der Waals surface area contributed by atoms with Gasteiger partial charge in [-0.25, -0.2) is 15.0 Å². The molecule has 0 amide bonds. The monoisotopic (exact) mass is 469 g/mol. The van der Waals surface area contributed by atoms with Gasteiger partial charge in [0.1, 0.15) is 36.7 Å². The fourth-order valence-corrected chi connectivity index (χ4v) is 4.87. The van der Waals surface area contributed by atoms with Crippen molar-refractivity contribution in [2.24, 2.45) is 9.98 Å². The predicted octanol–water partition coefficient (Wildman–Crippen LogP) is 6.42. The van der Waals surface area contributed by atoms with Crippen molar-refractivity contribution in [1.82, 2.24) is 4.98 Å². The lowest BCUT2D eigenvalue weighted by molar-refractivity contribution is 0.317. The van der Waals surface area contributed by atoms with Gasteiger partial charge in [-0.15, -0.1) is 0 Å². The van der Waals surface area contributed by atoms with Gasteiger partial charge in [-0.1, -0.05) is 78.9 Å². The minimum absolute atomic E-state index is 0.0487. The zero-order valence-electron chi connectivity index (χ0n) is 19.5. The fraction of sp³-hybridized carbons (Fsp3) is 0.129. The molecule has 2 atom stereocenters. The molecule has 0 saturated heterocycles. The average Bonchev–Trinajstić information content (AvgIpc) is 3.64. The first-order chi connectivity index (χ1) is 17.8. The molecule has 4 aromatic carbocycles. The summed E-state index contributed by atoms with van der Waals surface area (Å²) in [5.74, 6) is 1.11. The van der Waals surface area contributed by atoms with E-state index in [0.717, 1.165) is 11.1 Å². The number of hydrogen-bond donors (Lipinski definition) is 0. The average molecular weight is 470 g/mol. The highest BCUT2D eigenvalue weighted by molar-refractivity contribution is 5.97. The number of aromatic nitrogens is 1. The molecule has 1 aromatic heterocycles. The van der Waals surface area contributed by atoms with Gasteiger partial charge in [-0.2, -0.15) is 0 Å². The van der Waals surface area contributed by atoms with E-state index in [2.05, 4.69) is 84.9 Å². The van der Waals surface area contributed by atoms with Crippen molar-refractivity contribution >= 4 is 33.3 Å². The molecular weight excluding hydrogens is 446 g/mol. The molecule has 0 aliphatic carbocycles. The third kappa shape index (κ3) is 3.79. The minimum Gasteiger partial charge on any atom is -0.474 e. The van der Waals surface area contributed by atoms with E-state index in [1.54, 1.807) is 0 Å². The van der Waals surface area contributed by atoms with E-state index in [1.165, 1.54) is 21.5 Å². The predicted molar refractivity (Wildman–Crippen MR) is 143 cm³/mol. The van der Waals surface area contributed by atoms with Gasteiger partial charge in [-0.3, -0.25) is 0 Å². The Hall–Kier alpha value is -4.51. The van der Waals surface area contributed by atoms with Gasteiger partial charge >= 0.3 is 0 Å². The number of aliphatic imine (C=N–C) groups is 2. The van der Waals surface area contributed by atoms with Crippen LogP contribution in [0.15, 0.2) is 113 Å². The molecule has 2 aliphatic rings. The second-order valence-corrected chi connectivity index (χ2v) is 9.14. The Bertz CT molecular complexity index is 1550. The van der Waals surface area contributed by atoms with Crippen LogP contribution in [0.1, 0.15) is 34.6 Å². The first-order valence-corrected chi connectivity index (χ1v) is 12.2. The normalized spacial score (nSPS) is 19.1. The standard InChI is InChI=1S/C31H23N3O2/c1-3-8-22-16-24(14-12-20(22)6-1)28-18-35-30(33-28)26-10-5-11-27(32-26)31-34-29(19-36-31)25-15-13-21-7-2-4-9-23(21)17-25/h1-17,28-29H,18-19H2/t28-,29-/m0/s1. The number of rotatable bonds is 4. The summed E-state index contributed by atoms with van der Waals surface area (Å²) in [6.07, 6.45) is 0. The van der Waals surface area contributed by atoms with Crippen molar-refractivity contribution in [3.63, 3.8) is 0 Å². The lowest BCUT2D eigenvalue weighted by atomic mass is 10.0. The van der Waals surface area contributed by atoms with Crippen LogP contribution in [0.3, 0.4) is 0 Å². The van der Waals surface area contributed by atoms with Gasteiger partial charge in [0.25, 0.3) is 0 Å². The van der Waals surface area contributed by atoms with Gasteiger partial charge in [0.2, 0.25) is 11.8 Å². The second-order valence-electron chi connectivity index (χ2n) is 9.14. The molecule has 7 rings (SSSR count). The second kappa shape index (κ2) is 8.61. The lowest BCUT2D eigenvalue weighted by Gasteiger charge is -2.06. The summed E-state index contributed by atoms with van der Waals surface area (Å²) in [6.45, 7) is 1.00. The molecule has 5 nitrogen and oxygen atoms in total. The number of hydrogen-bond acceptors (Lipinski definition) is 5. The molecule has 3 heterocycles. The maximum atomic E-state index is 5.97. The van der Waals surface area contributed by atoms with Crippen molar-refractivity contribution in [3.8, 4) is 0 Å². The summed E-state index contributed by atoms with van der Waals surface area (Å²) in [4.78, 5) is 14.5. The molecule has 0 spiro atoms. The third-order valence-corrected chi connectivity index (χ3v) is 6.81. The molecule has 5 aromatic rings. The Morgan fingerprint density at radius 3 is 1.47 bits per heavy atom. The van der Waals surface area contributed by atoms with Crippen LogP contribution < -0.4 is 0 Å². The summed E-state index contributed by atoms with van der Waals surface area (Å²) >= 11 is 0. The third-order valence-electron chi connectivity index (χ3n) is 6.81. The highest BCUT2D eigenvalue weighted by atomic mass is 16.5. The summed E-state index contributed by atoms with van der Waals surface area (Å²) in [6, 6.07) is 35.3. The van der Waals surface area contributed by atoms with Crippen LogP contribution in [0.2, 0.25) is 0 Å². The fourth-order valence-electron chi connectivity index (χ4n) is 4.87. The van der Waals surface area contributed by atoms with Gasteiger partial charge in [0, 0.05) is 0 Å². The van der Waals surface area contributed by atoms with Crippen molar-refractivity contribution in [2.75, 3.05) is 13.2 Å². The summed E-state index contributed by atoms with van der Waals surface area (Å²) in [5, 5.41) is 4.85. The number of benzene rings is 4. The molecule has 0 N–H and O–H groups in total. The summed E-state index contributed by atoms with van der Waals surface area (Å²) in [7, 11) is 0. The van der Waals surface area contributed by atoms with Crippen molar-refractivity contribution < 1.29 is 9.47 Å². The Morgan fingerprint density at radius 2 is 0.972 bits per heavy atom. The maximum absolute atomic E-state index is 5.97. The summed E-state index contributed by atoms with van der Waals surface area (Å²) < 4.78 is 11.9. The molecular formula is C31H23N3O2. The lowest BCUT2D eigenvalue weighted by Crippen LogP contribution is -2.09. The van der Waals surface area contributed by atoms with E-state index in [0.29, 0.717) is 36.4 Å². The van der Waals surface area contributed by atoms with Crippen molar-refractivity contribution in [3.05, 3.63) is 126 Å². The first kappa shape index (κ1) is 20.8. The molecule has 0 radical (unpaired) electrons. The molecule has 2 aliphatic heterocycles. The van der Waals surface area contributed by atoms with Crippen LogP contribution in [0.5, 0.6) is 0 Å². The van der Waals surface area contributed by atoms with Gasteiger partial charge in [-0.05, 0) is 56.9 Å². The Labute approximate surface area is 208 Å². The molecule has 0 bridgehead atoms. The highest BCUT2D eigenvalue weighted by Crippen LogP contribution is 2.29. The smallest absolute Gasteiger partial charge is 0.236 e. The highest BCUT2D eigenvalue weighted by Gasteiger charge is 2.26. The molecule has 0 saturated carbocycles. The Kier molecular flexibility index (Phi) is 4.98. The largest absolute Gasteiger partial charge is 0.474 e. The maximum Gasteiger partial charge on any atom is 0.236 e. The number of ether oxygens (including phenoxy) is 2. The molecule has 0 fully saturated rings. The zero-order chi connectivity index (χ0) is 23.9. The van der Waals surface area contributed by atoms with E-state index in [4.69, 9.17) is 24.4 Å². The van der Waals surface area contributed by atoms with E-state index >= 15 is 0 Å². The van der Waals surface area contributed by atoms with Crippen LogP contribution in [0, 0.1) is 0 Å². The topological polar surface area (TPSA) is 56.1 Å². The Balaban J connectivity index is 1.14. The SMILES string of the molecule is c1cc(C2=N[C@H](c3ccc4ccccc4c3)CO2)nc(C2=N[C@H](c3ccc4ccccc4c3)CO2)c1. The first-order valence-electron chi connectivity index (χ1n) is 12.2. The van der Waals surface area contributed by atoms with E-state index < -0.39 is 0 Å². The molecule has 174 valence electrons. The van der Waals surface area contributed by atoms with Crippen molar-refractivity contribution in [2.45, 2.75) is 12.1 Å². The van der Waals surface area contributed by atoms with Crippen LogP contribution >= 0.6 is 0 Å². The summed E-state index contributed by atoms with van der Waals surface area (Å²) in [5.41, 5.74) is 3.66. The number of pyridine rings is 1. The van der Waals surface area contributed by atoms with Gasteiger partial charge in [0.05, 0.1) is 0 Å². The van der Waals surface area contributed by atoms with Crippen LogP contribution in [-0.2, 0) is 9.47 Å². The van der Waals surface area contributed by atoms with E-state index in [9.17, 15) is 0 Å². The zero-order valence-corrected chi connectivity index (χ0v) is 19.5. The van der Waals surface area contributed by atoms with Crippen molar-refractivity contribution in [1.29, 1.82) is 0 Å². The molecule has 36 heavy (non-hydrogen) atoms. The van der Waals surface area contributed by atoms with Crippen LogP contribution in [-0.4, -0.2) is 30.0 Å². The number of fused-ring (bicyclic) bond motifs is 2. The molecule has 5 heteroatoms. The number of nitrogens with zero attached hydrogens (tertiary/aromatic N) is 3. The van der Waals surface area contributed by atoms with Crippen LogP contribution in [0.4, 0.5) is 0 Å². The van der Waals surface area contributed by atoms with Gasteiger partial charge in [0.15, 0.2) is 0 Å². The van der Waals surface area contributed by atoms with Crippen LogP contribution in [0.25, 0.3) is 21.5 Å². The van der Waals surface area contributed by atoms with Gasteiger partial charge < -0.3 is 9.47 Å². The molecule has 0 unspecified atom stereocenters. The minimum atomic E-state index is -0.0487. The Morgan fingerprint density at radius 1 is 0.500 bits per heavy atom.